The van der Waals surface area contributed by atoms with Gasteiger partial charge in [-0.05, 0) is 54.2 Å². The summed E-state index contributed by atoms with van der Waals surface area (Å²) in [6, 6.07) is 12.7. The predicted molar refractivity (Wildman–Crippen MR) is 89.5 cm³/mol. The molecule has 106 valence electrons. The first-order valence-electron chi connectivity index (χ1n) is 7.25. The topological polar surface area (TPSA) is 4.93 Å². The van der Waals surface area contributed by atoms with Crippen LogP contribution in [0.1, 0.15) is 23.1 Å². The van der Waals surface area contributed by atoms with Gasteiger partial charge in [0, 0.05) is 23.2 Å². The van der Waals surface area contributed by atoms with Gasteiger partial charge in [-0.15, -0.1) is 0 Å². The molecule has 0 saturated carbocycles. The summed E-state index contributed by atoms with van der Waals surface area (Å²) in [5.41, 5.74) is 5.46. The highest BCUT2D eigenvalue weighted by molar-refractivity contribution is 6.38. The van der Waals surface area contributed by atoms with E-state index in [2.05, 4.69) is 35.0 Å². The zero-order chi connectivity index (χ0) is 14.4. The van der Waals surface area contributed by atoms with Crippen molar-refractivity contribution in [3.8, 4) is 0 Å². The summed E-state index contributed by atoms with van der Waals surface area (Å²) in [5, 5.41) is 2.45. The number of benzene rings is 2. The van der Waals surface area contributed by atoms with E-state index in [9.17, 15) is 0 Å². The lowest BCUT2D eigenvalue weighted by Gasteiger charge is -2.08. The number of halogens is 2. The van der Waals surface area contributed by atoms with Crippen molar-refractivity contribution in [1.29, 1.82) is 0 Å². The fourth-order valence-electron chi connectivity index (χ4n) is 3.28. The minimum atomic E-state index is 0.682. The summed E-state index contributed by atoms with van der Waals surface area (Å²) in [4.78, 5) is 0. The number of fused-ring (bicyclic) bond motifs is 2. The lowest BCUT2D eigenvalue weighted by molar-refractivity contribution is 0.834. The lowest BCUT2D eigenvalue weighted by Crippen LogP contribution is -1.99. The Labute approximate surface area is 134 Å². The lowest BCUT2D eigenvalue weighted by atomic mass is 10.1. The molecular formula is C18H15Cl2N. The van der Waals surface area contributed by atoms with Gasteiger partial charge in [-0.3, -0.25) is 0 Å². The number of aromatic nitrogens is 1. The highest BCUT2D eigenvalue weighted by Crippen LogP contribution is 2.30. The number of aryl methyl sites for hydroxylation is 2. The molecule has 0 bridgehead atoms. The molecule has 0 amide bonds. The van der Waals surface area contributed by atoms with Crippen LogP contribution in [0.4, 0.5) is 0 Å². The minimum absolute atomic E-state index is 0.682. The summed E-state index contributed by atoms with van der Waals surface area (Å²) >= 11 is 12.4. The number of hydrogen-bond donors (Lipinski definition) is 0. The molecule has 1 aliphatic carbocycles. The summed E-state index contributed by atoms with van der Waals surface area (Å²) in [6.45, 7) is 0.855. The van der Waals surface area contributed by atoms with Crippen LogP contribution in [-0.4, -0.2) is 4.57 Å². The Hall–Kier alpha value is -1.44. The van der Waals surface area contributed by atoms with Crippen LogP contribution >= 0.6 is 23.2 Å². The fourth-order valence-corrected chi connectivity index (χ4v) is 3.82. The second-order valence-electron chi connectivity index (χ2n) is 5.72. The summed E-state index contributed by atoms with van der Waals surface area (Å²) in [5.74, 6) is 0. The Morgan fingerprint density at radius 2 is 1.81 bits per heavy atom. The van der Waals surface area contributed by atoms with E-state index in [1.165, 1.54) is 36.0 Å². The third kappa shape index (κ3) is 2.35. The van der Waals surface area contributed by atoms with Gasteiger partial charge in [-0.1, -0.05) is 41.4 Å². The molecule has 4 rings (SSSR count). The smallest absolute Gasteiger partial charge is 0.0514 e. The molecule has 1 heterocycles. The molecule has 0 spiro atoms. The van der Waals surface area contributed by atoms with E-state index in [-0.39, 0.29) is 0 Å². The van der Waals surface area contributed by atoms with E-state index < -0.39 is 0 Å². The van der Waals surface area contributed by atoms with Crippen molar-refractivity contribution in [2.24, 2.45) is 0 Å². The molecule has 0 N–H and O–H groups in total. The first-order chi connectivity index (χ1) is 10.2. The largest absolute Gasteiger partial charge is 0.343 e. The molecule has 21 heavy (non-hydrogen) atoms. The molecule has 3 aromatic rings. The van der Waals surface area contributed by atoms with Gasteiger partial charge in [-0.2, -0.15) is 0 Å². The number of hydrogen-bond acceptors (Lipinski definition) is 0. The Morgan fingerprint density at radius 3 is 2.71 bits per heavy atom. The van der Waals surface area contributed by atoms with Gasteiger partial charge >= 0.3 is 0 Å². The zero-order valence-electron chi connectivity index (χ0n) is 11.6. The van der Waals surface area contributed by atoms with Crippen molar-refractivity contribution in [3.63, 3.8) is 0 Å². The Morgan fingerprint density at radius 1 is 0.952 bits per heavy atom. The molecule has 0 atom stereocenters. The van der Waals surface area contributed by atoms with E-state index >= 15 is 0 Å². The molecule has 0 radical (unpaired) electrons. The van der Waals surface area contributed by atoms with Gasteiger partial charge in [0.25, 0.3) is 0 Å². The molecule has 1 aromatic heterocycles. The Bertz CT molecular complexity index is 833. The van der Waals surface area contributed by atoms with E-state index in [0.29, 0.717) is 10.0 Å². The monoisotopic (exact) mass is 315 g/mol. The summed E-state index contributed by atoms with van der Waals surface area (Å²) in [6.07, 6.45) is 5.82. The summed E-state index contributed by atoms with van der Waals surface area (Å²) < 4.78 is 2.21. The first kappa shape index (κ1) is 13.2. The average Bonchev–Trinajstić information content (AvgIpc) is 3.06. The van der Waals surface area contributed by atoms with Crippen molar-refractivity contribution >= 4 is 34.1 Å². The molecule has 0 aliphatic heterocycles. The molecule has 0 fully saturated rings. The highest BCUT2D eigenvalue weighted by atomic mass is 35.5. The van der Waals surface area contributed by atoms with Gasteiger partial charge in [0.15, 0.2) is 0 Å². The van der Waals surface area contributed by atoms with Crippen molar-refractivity contribution in [2.75, 3.05) is 0 Å². The maximum absolute atomic E-state index is 6.26. The Kier molecular flexibility index (Phi) is 3.20. The van der Waals surface area contributed by atoms with Crippen LogP contribution in [0.25, 0.3) is 10.9 Å². The van der Waals surface area contributed by atoms with Crippen LogP contribution in [0.5, 0.6) is 0 Å². The third-order valence-electron chi connectivity index (χ3n) is 4.32. The maximum Gasteiger partial charge on any atom is 0.0514 e. The zero-order valence-corrected chi connectivity index (χ0v) is 13.1. The Balaban J connectivity index is 1.74. The average molecular weight is 316 g/mol. The SMILES string of the molecule is Clc1cc(Cl)c2ccn(Cc3ccc4c(c3)CCC4)c2c1. The van der Waals surface area contributed by atoms with Crippen molar-refractivity contribution in [1.82, 2.24) is 4.57 Å². The van der Waals surface area contributed by atoms with Crippen molar-refractivity contribution in [2.45, 2.75) is 25.8 Å². The molecule has 2 aromatic carbocycles. The third-order valence-corrected chi connectivity index (χ3v) is 4.85. The van der Waals surface area contributed by atoms with E-state index in [1.54, 1.807) is 6.07 Å². The van der Waals surface area contributed by atoms with Gasteiger partial charge in [-0.25, -0.2) is 0 Å². The second kappa shape index (κ2) is 5.08. The van der Waals surface area contributed by atoms with Crippen LogP contribution in [-0.2, 0) is 19.4 Å². The predicted octanol–water partition coefficient (Wildman–Crippen LogP) is 5.49. The molecule has 3 heteroatoms. The van der Waals surface area contributed by atoms with E-state index in [4.69, 9.17) is 23.2 Å². The summed E-state index contributed by atoms with van der Waals surface area (Å²) in [7, 11) is 0. The van der Waals surface area contributed by atoms with Gasteiger partial charge < -0.3 is 4.57 Å². The van der Waals surface area contributed by atoms with Crippen LogP contribution in [0.2, 0.25) is 10.0 Å². The molecule has 0 unspecified atom stereocenters. The molecule has 0 saturated heterocycles. The standard InChI is InChI=1S/C18H15Cl2N/c19-15-9-17(20)16-6-7-21(18(16)10-15)11-12-4-5-13-2-1-3-14(13)8-12/h4-10H,1-3,11H2. The first-order valence-corrected chi connectivity index (χ1v) is 8.01. The van der Waals surface area contributed by atoms with Crippen LogP contribution < -0.4 is 0 Å². The van der Waals surface area contributed by atoms with Gasteiger partial charge in [0.2, 0.25) is 0 Å². The number of rotatable bonds is 2. The van der Waals surface area contributed by atoms with Crippen LogP contribution in [0.3, 0.4) is 0 Å². The van der Waals surface area contributed by atoms with Crippen LogP contribution in [0, 0.1) is 0 Å². The van der Waals surface area contributed by atoms with Crippen molar-refractivity contribution < 1.29 is 0 Å². The number of nitrogens with zero attached hydrogens (tertiary/aromatic N) is 1. The fraction of sp³-hybridized carbons (Fsp3) is 0.222. The van der Waals surface area contributed by atoms with Gasteiger partial charge in [0.1, 0.15) is 0 Å². The molecule has 1 nitrogen and oxygen atoms in total. The normalized spacial score (nSPS) is 13.8. The second-order valence-corrected chi connectivity index (χ2v) is 6.56. The molecular weight excluding hydrogens is 301 g/mol. The molecule has 1 aliphatic rings. The van der Waals surface area contributed by atoms with Crippen LogP contribution in [0.15, 0.2) is 42.6 Å². The van der Waals surface area contributed by atoms with E-state index in [0.717, 1.165) is 17.4 Å². The quantitative estimate of drug-likeness (QED) is 0.589. The van der Waals surface area contributed by atoms with Crippen molar-refractivity contribution in [3.05, 3.63) is 69.3 Å². The van der Waals surface area contributed by atoms with E-state index in [1.807, 2.05) is 6.07 Å². The minimum Gasteiger partial charge on any atom is -0.343 e. The maximum atomic E-state index is 6.26. The highest BCUT2D eigenvalue weighted by Gasteiger charge is 2.12. The van der Waals surface area contributed by atoms with Gasteiger partial charge in [0.05, 0.1) is 10.5 Å².